The zero-order chi connectivity index (χ0) is 19.4. The quantitative estimate of drug-likeness (QED) is 0.744. The van der Waals surface area contributed by atoms with Gasteiger partial charge in [0.15, 0.2) is 11.5 Å². The minimum atomic E-state index is -0.507. The third-order valence-electron chi connectivity index (χ3n) is 5.72. The summed E-state index contributed by atoms with van der Waals surface area (Å²) < 4.78 is 11.8. The van der Waals surface area contributed by atoms with Gasteiger partial charge in [-0.15, -0.1) is 0 Å². The van der Waals surface area contributed by atoms with E-state index in [1.54, 1.807) is 7.11 Å². The lowest BCUT2D eigenvalue weighted by atomic mass is 9.69. The van der Waals surface area contributed by atoms with Crippen LogP contribution in [0.4, 0.5) is 4.79 Å². The Labute approximate surface area is 160 Å². The number of amides is 2. The number of ether oxygens (including phenoxy) is 2. The normalized spacial score (nSPS) is 28.7. The smallest absolute Gasteiger partial charge is 0.318 e. The molecule has 0 bridgehead atoms. The van der Waals surface area contributed by atoms with E-state index in [0.29, 0.717) is 25.3 Å². The number of nitrogens with one attached hydrogen (secondary N) is 1. The standard InChI is InChI=1S/C21H28N2O4/c1-20(2,3)22-19(25)23-10-9-21-8-7-14(24)11-16(21)27-18-15(26-4)6-5-13(12-23)17(18)21/h5-8,14,16,24H,9-12H2,1-4H3,(H,22,25)/t14-,16-,21?/m1/s1. The van der Waals surface area contributed by atoms with Crippen LogP contribution in [0.5, 0.6) is 11.5 Å². The summed E-state index contributed by atoms with van der Waals surface area (Å²) in [6.45, 7) is 7.11. The lowest BCUT2D eigenvalue weighted by Crippen LogP contribution is -2.49. The fraction of sp³-hybridized carbons (Fsp3) is 0.571. The molecule has 0 saturated heterocycles. The first-order valence-corrected chi connectivity index (χ1v) is 9.55. The molecule has 1 spiro atoms. The van der Waals surface area contributed by atoms with Crippen LogP contribution < -0.4 is 14.8 Å². The van der Waals surface area contributed by atoms with Crippen LogP contribution >= 0.6 is 0 Å². The second kappa shape index (κ2) is 6.16. The molecule has 4 rings (SSSR count). The van der Waals surface area contributed by atoms with Gasteiger partial charge in [-0.25, -0.2) is 4.79 Å². The molecule has 2 heterocycles. The van der Waals surface area contributed by atoms with Crippen LogP contribution in [0.2, 0.25) is 0 Å². The molecule has 1 aromatic carbocycles. The first kappa shape index (κ1) is 18.2. The molecule has 0 radical (unpaired) electrons. The van der Waals surface area contributed by atoms with Gasteiger partial charge in [0.2, 0.25) is 0 Å². The fourth-order valence-electron chi connectivity index (χ4n) is 4.51. The van der Waals surface area contributed by atoms with Crippen LogP contribution in [0.3, 0.4) is 0 Å². The average Bonchev–Trinajstić information content (AvgIpc) is 2.81. The minimum absolute atomic E-state index is 0.0549. The first-order valence-electron chi connectivity index (χ1n) is 9.55. The van der Waals surface area contributed by atoms with Crippen molar-refractivity contribution in [2.45, 2.75) is 63.3 Å². The van der Waals surface area contributed by atoms with Gasteiger partial charge in [0.1, 0.15) is 6.10 Å². The summed E-state index contributed by atoms with van der Waals surface area (Å²) in [5.41, 5.74) is 1.58. The van der Waals surface area contributed by atoms with Crippen molar-refractivity contribution >= 4 is 6.03 Å². The number of nitrogens with zero attached hydrogens (tertiary/aromatic N) is 1. The van der Waals surface area contributed by atoms with E-state index >= 15 is 0 Å². The Kier molecular flexibility index (Phi) is 4.14. The highest BCUT2D eigenvalue weighted by Gasteiger charge is 2.53. The molecular formula is C21H28N2O4. The van der Waals surface area contributed by atoms with Crippen molar-refractivity contribution in [2.75, 3.05) is 13.7 Å². The summed E-state index contributed by atoms with van der Waals surface area (Å²) in [6, 6.07) is 3.89. The minimum Gasteiger partial charge on any atom is -0.493 e. The van der Waals surface area contributed by atoms with Gasteiger partial charge >= 0.3 is 6.03 Å². The van der Waals surface area contributed by atoms with Gasteiger partial charge in [-0.2, -0.15) is 0 Å². The van der Waals surface area contributed by atoms with Crippen molar-refractivity contribution in [1.29, 1.82) is 0 Å². The van der Waals surface area contributed by atoms with Gasteiger partial charge in [-0.05, 0) is 38.8 Å². The SMILES string of the molecule is COc1ccc2c3c1O[C@@H]1C[C@H](O)C=CC31CCN(C(=O)NC(C)(C)C)C2. The van der Waals surface area contributed by atoms with Gasteiger partial charge in [-0.1, -0.05) is 18.2 Å². The lowest BCUT2D eigenvalue weighted by molar-refractivity contribution is 0.0819. The maximum absolute atomic E-state index is 12.8. The number of urea groups is 1. The first-order chi connectivity index (χ1) is 12.7. The Hall–Kier alpha value is -2.21. The maximum atomic E-state index is 12.8. The summed E-state index contributed by atoms with van der Waals surface area (Å²) >= 11 is 0. The van der Waals surface area contributed by atoms with Crippen LogP contribution in [-0.2, 0) is 12.0 Å². The molecule has 0 aromatic heterocycles. The van der Waals surface area contributed by atoms with Crippen LogP contribution in [-0.4, -0.2) is 47.4 Å². The predicted molar refractivity (Wildman–Crippen MR) is 102 cm³/mol. The Bertz CT molecular complexity index is 798. The van der Waals surface area contributed by atoms with Crippen molar-refractivity contribution in [1.82, 2.24) is 10.2 Å². The van der Waals surface area contributed by atoms with Gasteiger partial charge in [0, 0.05) is 30.6 Å². The average molecular weight is 372 g/mol. The molecular weight excluding hydrogens is 344 g/mol. The molecule has 2 aliphatic heterocycles. The van der Waals surface area contributed by atoms with Crippen LogP contribution in [0.15, 0.2) is 24.3 Å². The number of hydrogen-bond acceptors (Lipinski definition) is 4. The lowest BCUT2D eigenvalue weighted by Gasteiger charge is -2.36. The Morgan fingerprint density at radius 1 is 1.41 bits per heavy atom. The summed E-state index contributed by atoms with van der Waals surface area (Å²) in [5, 5.41) is 13.2. The van der Waals surface area contributed by atoms with Crippen LogP contribution in [0.1, 0.15) is 44.7 Å². The van der Waals surface area contributed by atoms with Crippen molar-refractivity contribution < 1.29 is 19.4 Å². The topological polar surface area (TPSA) is 71.0 Å². The second-order valence-corrected chi connectivity index (χ2v) is 8.79. The summed E-state index contributed by atoms with van der Waals surface area (Å²) in [7, 11) is 1.64. The molecule has 27 heavy (non-hydrogen) atoms. The molecule has 1 unspecified atom stereocenters. The number of carbonyl (C=O) groups excluding carboxylic acids is 1. The highest BCUT2D eigenvalue weighted by molar-refractivity contribution is 5.75. The fourth-order valence-corrected chi connectivity index (χ4v) is 4.51. The molecule has 0 saturated carbocycles. The van der Waals surface area contributed by atoms with Crippen LogP contribution in [0.25, 0.3) is 0 Å². The number of carbonyl (C=O) groups is 1. The van der Waals surface area contributed by atoms with E-state index in [2.05, 4.69) is 11.4 Å². The van der Waals surface area contributed by atoms with Crippen molar-refractivity contribution in [3.63, 3.8) is 0 Å². The van der Waals surface area contributed by atoms with E-state index in [1.807, 2.05) is 43.9 Å². The molecule has 3 aliphatic rings. The largest absolute Gasteiger partial charge is 0.493 e. The van der Waals surface area contributed by atoms with Gasteiger partial charge in [0.25, 0.3) is 0 Å². The number of aliphatic hydroxyl groups excluding tert-OH is 1. The molecule has 0 fully saturated rings. The number of hydrogen-bond donors (Lipinski definition) is 2. The monoisotopic (exact) mass is 372 g/mol. The zero-order valence-electron chi connectivity index (χ0n) is 16.4. The van der Waals surface area contributed by atoms with Gasteiger partial charge in [-0.3, -0.25) is 0 Å². The molecule has 1 aliphatic carbocycles. The third-order valence-corrected chi connectivity index (χ3v) is 5.72. The number of rotatable bonds is 1. The highest BCUT2D eigenvalue weighted by atomic mass is 16.5. The van der Waals surface area contributed by atoms with E-state index in [4.69, 9.17) is 9.47 Å². The molecule has 2 N–H and O–H groups in total. The molecule has 2 amide bonds. The van der Waals surface area contributed by atoms with E-state index in [0.717, 1.165) is 23.3 Å². The summed E-state index contributed by atoms with van der Waals surface area (Å²) in [6.07, 6.45) is 4.60. The van der Waals surface area contributed by atoms with Crippen LogP contribution in [0, 0.1) is 0 Å². The molecule has 146 valence electrons. The number of aliphatic hydroxyl groups is 1. The summed E-state index contributed by atoms with van der Waals surface area (Å²) in [4.78, 5) is 14.7. The zero-order valence-corrected chi connectivity index (χ0v) is 16.4. The molecule has 6 heteroatoms. The van der Waals surface area contributed by atoms with E-state index in [-0.39, 0.29) is 23.1 Å². The van der Waals surface area contributed by atoms with Crippen molar-refractivity contribution in [2.24, 2.45) is 0 Å². The predicted octanol–water partition coefficient (Wildman–Crippen LogP) is 2.73. The van der Waals surface area contributed by atoms with E-state index in [9.17, 15) is 9.90 Å². The van der Waals surface area contributed by atoms with Gasteiger partial charge < -0.3 is 24.8 Å². The van der Waals surface area contributed by atoms with Gasteiger partial charge in [0.05, 0.1) is 18.6 Å². The molecule has 6 nitrogen and oxygen atoms in total. The number of benzene rings is 1. The summed E-state index contributed by atoms with van der Waals surface area (Å²) in [5.74, 6) is 1.47. The molecule has 3 atom stereocenters. The highest BCUT2D eigenvalue weighted by Crippen LogP contribution is 2.55. The van der Waals surface area contributed by atoms with E-state index in [1.165, 1.54) is 0 Å². The van der Waals surface area contributed by atoms with E-state index < -0.39 is 6.10 Å². The second-order valence-electron chi connectivity index (χ2n) is 8.79. The van der Waals surface area contributed by atoms with Crippen molar-refractivity contribution in [3.05, 3.63) is 35.4 Å². The Morgan fingerprint density at radius 2 is 2.19 bits per heavy atom. The third kappa shape index (κ3) is 2.96. The molecule has 1 aromatic rings. The maximum Gasteiger partial charge on any atom is 0.318 e. The number of methoxy groups -OCH3 is 1. The van der Waals surface area contributed by atoms with Crippen molar-refractivity contribution in [3.8, 4) is 11.5 Å². The Balaban J connectivity index is 1.77. The Morgan fingerprint density at radius 3 is 2.89 bits per heavy atom.